The summed E-state index contributed by atoms with van der Waals surface area (Å²) in [7, 11) is -3.77. The van der Waals surface area contributed by atoms with Crippen molar-refractivity contribution < 1.29 is 17.7 Å². The number of anilines is 1. The Hall–Kier alpha value is -3.04. The molecular weight excluding hydrogens is 368 g/mol. The first-order chi connectivity index (χ1) is 12.8. The first kappa shape index (κ1) is 17.4. The Morgan fingerprint density at radius 1 is 1.19 bits per heavy atom. The van der Waals surface area contributed by atoms with Crippen LogP contribution in [-0.2, 0) is 21.2 Å². The first-order valence-electron chi connectivity index (χ1n) is 8.19. The number of nitrogens with zero attached hydrogens (tertiary/aromatic N) is 3. The Bertz CT molecular complexity index is 1120. The van der Waals surface area contributed by atoms with Crippen molar-refractivity contribution in [3.63, 3.8) is 0 Å². The predicted octanol–water partition coefficient (Wildman–Crippen LogP) is 2.03. The van der Waals surface area contributed by atoms with Crippen molar-refractivity contribution in [1.29, 1.82) is 0 Å². The number of sulfonamides is 1. The fourth-order valence-electron chi connectivity index (χ4n) is 3.25. The van der Waals surface area contributed by atoms with Crippen LogP contribution in [0.25, 0.3) is 11.4 Å². The second-order valence-electron chi connectivity index (χ2n) is 6.26. The summed E-state index contributed by atoms with van der Waals surface area (Å²) in [4.78, 5) is 18.2. The minimum Gasteiger partial charge on any atom is -0.337 e. The van der Waals surface area contributed by atoms with Crippen LogP contribution in [0.15, 0.2) is 57.9 Å². The Morgan fingerprint density at radius 3 is 2.56 bits per heavy atom. The van der Waals surface area contributed by atoms with E-state index in [4.69, 9.17) is 9.66 Å². The van der Waals surface area contributed by atoms with E-state index in [-0.39, 0.29) is 16.8 Å². The van der Waals surface area contributed by atoms with Crippen LogP contribution in [0.2, 0.25) is 0 Å². The van der Waals surface area contributed by atoms with Crippen LogP contribution in [-0.4, -0.2) is 24.5 Å². The van der Waals surface area contributed by atoms with Gasteiger partial charge in [0.15, 0.2) is 0 Å². The Morgan fingerprint density at radius 2 is 1.89 bits per heavy atom. The predicted molar refractivity (Wildman–Crippen MR) is 97.2 cm³/mol. The highest BCUT2D eigenvalue weighted by molar-refractivity contribution is 7.89. The van der Waals surface area contributed by atoms with E-state index in [0.717, 1.165) is 11.3 Å². The molecule has 1 atom stereocenters. The summed E-state index contributed by atoms with van der Waals surface area (Å²) in [5.41, 5.74) is 2.46. The maximum absolute atomic E-state index is 12.2. The molecule has 0 spiro atoms. The van der Waals surface area contributed by atoms with Crippen LogP contribution in [0.4, 0.5) is 5.69 Å². The summed E-state index contributed by atoms with van der Waals surface area (Å²) >= 11 is 0. The van der Waals surface area contributed by atoms with E-state index in [1.807, 2.05) is 24.3 Å². The van der Waals surface area contributed by atoms with Gasteiger partial charge < -0.3 is 4.52 Å². The number of benzene rings is 2. The first-order valence-corrected chi connectivity index (χ1v) is 9.74. The molecular formula is C18H16N4O4S. The van der Waals surface area contributed by atoms with Gasteiger partial charge in [0, 0.05) is 24.6 Å². The maximum Gasteiger partial charge on any atom is 0.250 e. The van der Waals surface area contributed by atoms with Gasteiger partial charge in [-0.25, -0.2) is 13.6 Å². The van der Waals surface area contributed by atoms with Crippen LogP contribution >= 0.6 is 0 Å². The lowest BCUT2D eigenvalue weighted by molar-refractivity contribution is -0.117. The van der Waals surface area contributed by atoms with E-state index in [1.165, 1.54) is 19.1 Å². The molecule has 2 N–H and O–H groups in total. The number of para-hydroxylation sites is 1. The molecule has 4 rings (SSSR count). The number of amides is 1. The molecule has 138 valence electrons. The standard InChI is InChI=1S/C18H16N4O4S/c1-11(23)22-15-5-3-2-4-13(15)10-16(22)18-20-17(21-26-18)12-6-8-14(9-7-12)27(19,24)25/h2-9,16H,10H2,1H3,(H2,19,24,25)/t16-/m0/s1. The topological polar surface area (TPSA) is 119 Å². The van der Waals surface area contributed by atoms with Crippen LogP contribution in [0.3, 0.4) is 0 Å². The number of rotatable bonds is 3. The molecule has 2 heterocycles. The van der Waals surface area contributed by atoms with Crippen molar-refractivity contribution in [2.75, 3.05) is 4.90 Å². The highest BCUT2D eigenvalue weighted by Crippen LogP contribution is 2.40. The monoisotopic (exact) mass is 384 g/mol. The van der Waals surface area contributed by atoms with E-state index >= 15 is 0 Å². The molecule has 1 amide bonds. The SMILES string of the molecule is CC(=O)N1c2ccccc2C[C@H]1c1nc(-c2ccc(S(N)(=O)=O)cc2)no1. The third kappa shape index (κ3) is 3.11. The fourth-order valence-corrected chi connectivity index (χ4v) is 3.77. The van der Waals surface area contributed by atoms with Gasteiger partial charge in [-0.1, -0.05) is 23.4 Å². The lowest BCUT2D eigenvalue weighted by Crippen LogP contribution is -2.30. The Labute approximate surface area is 155 Å². The zero-order valence-corrected chi connectivity index (χ0v) is 15.2. The molecule has 0 saturated heterocycles. The van der Waals surface area contributed by atoms with Crippen molar-refractivity contribution >= 4 is 21.6 Å². The smallest absolute Gasteiger partial charge is 0.250 e. The largest absolute Gasteiger partial charge is 0.337 e. The van der Waals surface area contributed by atoms with E-state index in [1.54, 1.807) is 17.0 Å². The summed E-state index contributed by atoms with van der Waals surface area (Å²) in [6.45, 7) is 1.50. The van der Waals surface area contributed by atoms with Gasteiger partial charge in [0.05, 0.1) is 4.90 Å². The molecule has 3 aromatic rings. The molecule has 0 unspecified atom stereocenters. The summed E-state index contributed by atoms with van der Waals surface area (Å²) in [5.74, 6) is 0.527. The number of fused-ring (bicyclic) bond motifs is 1. The summed E-state index contributed by atoms with van der Waals surface area (Å²) < 4.78 is 28.1. The van der Waals surface area contributed by atoms with Gasteiger partial charge in [0.1, 0.15) is 6.04 Å². The molecule has 1 aliphatic rings. The molecule has 1 aliphatic heterocycles. The van der Waals surface area contributed by atoms with Crippen LogP contribution in [0.5, 0.6) is 0 Å². The second-order valence-corrected chi connectivity index (χ2v) is 7.82. The van der Waals surface area contributed by atoms with Crippen LogP contribution in [0.1, 0.15) is 24.4 Å². The van der Waals surface area contributed by atoms with E-state index in [0.29, 0.717) is 23.7 Å². The van der Waals surface area contributed by atoms with Gasteiger partial charge in [0.2, 0.25) is 27.6 Å². The zero-order chi connectivity index (χ0) is 19.2. The minimum atomic E-state index is -3.77. The quantitative estimate of drug-likeness (QED) is 0.738. The number of hydrogen-bond donors (Lipinski definition) is 1. The van der Waals surface area contributed by atoms with E-state index in [9.17, 15) is 13.2 Å². The van der Waals surface area contributed by atoms with Crippen molar-refractivity contribution in [3.8, 4) is 11.4 Å². The molecule has 0 bridgehead atoms. The Balaban J connectivity index is 1.66. The van der Waals surface area contributed by atoms with Gasteiger partial charge >= 0.3 is 0 Å². The summed E-state index contributed by atoms with van der Waals surface area (Å²) in [6.07, 6.45) is 0.585. The van der Waals surface area contributed by atoms with Gasteiger partial charge in [0.25, 0.3) is 0 Å². The molecule has 0 radical (unpaired) electrons. The number of primary sulfonamides is 1. The van der Waals surface area contributed by atoms with Gasteiger partial charge in [-0.15, -0.1) is 0 Å². The van der Waals surface area contributed by atoms with E-state index < -0.39 is 10.0 Å². The van der Waals surface area contributed by atoms with Gasteiger partial charge in [-0.3, -0.25) is 9.69 Å². The molecule has 0 aliphatic carbocycles. The number of carbonyl (C=O) groups excluding carboxylic acids is 1. The normalized spacial score (nSPS) is 16.4. The minimum absolute atomic E-state index is 0.00367. The third-order valence-corrected chi connectivity index (χ3v) is 5.41. The fraction of sp³-hybridized carbons (Fsp3) is 0.167. The average molecular weight is 384 g/mol. The lowest BCUT2D eigenvalue weighted by Gasteiger charge is -2.21. The van der Waals surface area contributed by atoms with E-state index in [2.05, 4.69) is 10.1 Å². The zero-order valence-electron chi connectivity index (χ0n) is 14.4. The molecule has 9 heteroatoms. The molecule has 0 saturated carbocycles. The molecule has 2 aromatic carbocycles. The maximum atomic E-state index is 12.2. The Kier molecular flexibility index (Phi) is 4.05. The van der Waals surface area contributed by atoms with Gasteiger partial charge in [-0.2, -0.15) is 4.98 Å². The number of aromatic nitrogens is 2. The number of hydrogen-bond acceptors (Lipinski definition) is 6. The van der Waals surface area contributed by atoms with Crippen LogP contribution in [0, 0.1) is 0 Å². The number of nitrogens with two attached hydrogens (primary N) is 1. The van der Waals surface area contributed by atoms with Gasteiger partial charge in [-0.05, 0) is 35.9 Å². The number of carbonyl (C=O) groups is 1. The molecule has 27 heavy (non-hydrogen) atoms. The molecule has 8 nitrogen and oxygen atoms in total. The van der Waals surface area contributed by atoms with Crippen LogP contribution < -0.4 is 10.0 Å². The summed E-state index contributed by atoms with van der Waals surface area (Å²) in [5, 5.41) is 9.08. The average Bonchev–Trinajstić information content (AvgIpc) is 3.25. The highest BCUT2D eigenvalue weighted by atomic mass is 32.2. The molecule has 0 fully saturated rings. The van der Waals surface area contributed by atoms with Crippen molar-refractivity contribution in [3.05, 3.63) is 60.0 Å². The lowest BCUT2D eigenvalue weighted by atomic mass is 10.1. The third-order valence-electron chi connectivity index (χ3n) is 4.48. The highest BCUT2D eigenvalue weighted by Gasteiger charge is 2.36. The second kappa shape index (κ2) is 6.29. The summed E-state index contributed by atoms with van der Waals surface area (Å²) in [6, 6.07) is 13.2. The molecule has 1 aromatic heterocycles. The van der Waals surface area contributed by atoms with Crippen molar-refractivity contribution in [1.82, 2.24) is 10.1 Å². The van der Waals surface area contributed by atoms with Crippen molar-refractivity contribution in [2.24, 2.45) is 5.14 Å². The van der Waals surface area contributed by atoms with Crippen molar-refractivity contribution in [2.45, 2.75) is 24.3 Å².